The number of allylic oxidation sites excluding steroid dienone is 2. The number of aldehydes is 1. The fourth-order valence-electron chi connectivity index (χ4n) is 3.03. The number of nitrogens with two attached hydrogens (primary N) is 1. The molecule has 0 spiro atoms. The lowest BCUT2D eigenvalue weighted by molar-refractivity contribution is 0.0957. The Morgan fingerprint density at radius 1 is 1.27 bits per heavy atom. The normalized spacial score (nSPS) is 13.3. The molecule has 2 rings (SSSR count). The highest BCUT2D eigenvalue weighted by atomic mass is 19.1. The molecule has 8 heteroatoms. The van der Waals surface area contributed by atoms with Crippen LogP contribution >= 0.6 is 0 Å². The van der Waals surface area contributed by atoms with Crippen molar-refractivity contribution in [3.63, 3.8) is 0 Å². The molecule has 0 aliphatic rings. The standard InChI is InChI=1S/C22H28FN5O2/c1-13(9-25-4)20-19(12-29)18(11-27-20)22(30)28-21(14(2)24)15(3)26-10-16-5-7-17(23)8-6-16/h5-9,11-12,14,25-27H,10,24H2,1-4H3,(H,28,30)/b13-9-,21-15+. The van der Waals surface area contributed by atoms with Crippen LogP contribution in [0.25, 0.3) is 5.57 Å². The molecule has 1 heterocycles. The Balaban J connectivity index is 2.22. The summed E-state index contributed by atoms with van der Waals surface area (Å²) in [5, 5.41) is 8.91. The molecule has 1 aromatic carbocycles. The largest absolute Gasteiger partial charge is 0.394 e. The van der Waals surface area contributed by atoms with Crippen molar-refractivity contribution < 1.29 is 14.0 Å². The number of nitrogens with one attached hydrogen (secondary N) is 4. The third-order valence-corrected chi connectivity index (χ3v) is 4.62. The van der Waals surface area contributed by atoms with Crippen LogP contribution in [0, 0.1) is 5.82 Å². The molecular formula is C22H28FN5O2. The highest BCUT2D eigenvalue weighted by Gasteiger charge is 2.20. The first-order valence-electron chi connectivity index (χ1n) is 9.55. The van der Waals surface area contributed by atoms with E-state index in [9.17, 15) is 14.0 Å². The zero-order valence-electron chi connectivity index (χ0n) is 17.6. The summed E-state index contributed by atoms with van der Waals surface area (Å²) in [6.45, 7) is 5.82. The Hall–Kier alpha value is -3.39. The number of H-pyrrole nitrogens is 1. The fraction of sp³-hybridized carbons (Fsp3) is 0.273. The van der Waals surface area contributed by atoms with E-state index in [1.54, 1.807) is 39.2 Å². The van der Waals surface area contributed by atoms with E-state index in [0.717, 1.165) is 11.1 Å². The van der Waals surface area contributed by atoms with Crippen LogP contribution in [0.3, 0.4) is 0 Å². The number of amides is 1. The van der Waals surface area contributed by atoms with Gasteiger partial charge < -0.3 is 26.7 Å². The monoisotopic (exact) mass is 413 g/mol. The summed E-state index contributed by atoms with van der Waals surface area (Å²) in [6, 6.07) is 5.67. The van der Waals surface area contributed by atoms with Crippen LogP contribution in [0.4, 0.5) is 4.39 Å². The number of carbonyl (C=O) groups excluding carboxylic acids is 2. The summed E-state index contributed by atoms with van der Waals surface area (Å²) in [5.41, 5.74) is 9.99. The first-order valence-corrected chi connectivity index (χ1v) is 9.55. The van der Waals surface area contributed by atoms with Gasteiger partial charge in [-0.3, -0.25) is 9.59 Å². The second kappa shape index (κ2) is 10.4. The van der Waals surface area contributed by atoms with Gasteiger partial charge in [0, 0.05) is 37.7 Å². The van der Waals surface area contributed by atoms with E-state index < -0.39 is 11.9 Å². The van der Waals surface area contributed by atoms with Crippen molar-refractivity contribution in [3.8, 4) is 0 Å². The van der Waals surface area contributed by atoms with Gasteiger partial charge in [0.1, 0.15) is 5.82 Å². The van der Waals surface area contributed by atoms with Gasteiger partial charge in [0.2, 0.25) is 0 Å². The SMILES string of the molecule is CN/C=C(/C)c1[nH]cc(C(=O)N/C(=C(\C)NCc2ccc(F)cc2)C(C)N)c1C=O. The number of aromatic amines is 1. The van der Waals surface area contributed by atoms with E-state index in [2.05, 4.69) is 20.9 Å². The molecule has 1 amide bonds. The Kier molecular flexibility index (Phi) is 7.94. The zero-order chi connectivity index (χ0) is 22.3. The average molecular weight is 413 g/mol. The summed E-state index contributed by atoms with van der Waals surface area (Å²) in [6.07, 6.45) is 3.89. The molecule has 0 aliphatic carbocycles. The number of hydrogen-bond donors (Lipinski definition) is 5. The molecule has 1 aromatic heterocycles. The maximum atomic E-state index is 13.1. The minimum absolute atomic E-state index is 0.230. The van der Waals surface area contributed by atoms with Gasteiger partial charge >= 0.3 is 0 Å². The Morgan fingerprint density at radius 2 is 1.93 bits per heavy atom. The molecule has 6 N–H and O–H groups in total. The van der Waals surface area contributed by atoms with Gasteiger partial charge in [-0.1, -0.05) is 12.1 Å². The van der Waals surface area contributed by atoms with Crippen molar-refractivity contribution >= 4 is 17.8 Å². The van der Waals surface area contributed by atoms with Crippen LogP contribution in [-0.2, 0) is 6.54 Å². The number of halogens is 1. The summed E-state index contributed by atoms with van der Waals surface area (Å²) < 4.78 is 13.1. The van der Waals surface area contributed by atoms with E-state index in [1.165, 1.54) is 18.3 Å². The quantitative estimate of drug-likeness (QED) is 0.406. The number of rotatable bonds is 9. The van der Waals surface area contributed by atoms with Crippen LogP contribution in [0.1, 0.15) is 52.7 Å². The molecule has 30 heavy (non-hydrogen) atoms. The van der Waals surface area contributed by atoms with Crippen LogP contribution in [0.2, 0.25) is 0 Å². The van der Waals surface area contributed by atoms with Gasteiger partial charge in [-0.2, -0.15) is 0 Å². The lowest BCUT2D eigenvalue weighted by atomic mass is 10.1. The first-order chi connectivity index (χ1) is 14.3. The van der Waals surface area contributed by atoms with Crippen LogP contribution in [0.5, 0.6) is 0 Å². The van der Waals surface area contributed by atoms with Gasteiger partial charge in [0.05, 0.1) is 22.5 Å². The number of aromatic nitrogens is 1. The van der Waals surface area contributed by atoms with Crippen LogP contribution in [0.15, 0.2) is 48.1 Å². The molecule has 2 aromatic rings. The van der Waals surface area contributed by atoms with E-state index in [-0.39, 0.29) is 16.9 Å². The van der Waals surface area contributed by atoms with Crippen molar-refractivity contribution in [2.24, 2.45) is 5.73 Å². The molecule has 0 saturated carbocycles. The van der Waals surface area contributed by atoms with Gasteiger partial charge in [-0.15, -0.1) is 0 Å². The predicted molar refractivity (Wildman–Crippen MR) is 116 cm³/mol. The summed E-state index contributed by atoms with van der Waals surface area (Å²) in [5.74, 6) is -0.738. The Bertz CT molecular complexity index is 958. The number of carbonyl (C=O) groups is 2. The molecule has 1 unspecified atom stereocenters. The maximum Gasteiger partial charge on any atom is 0.257 e. The smallest absolute Gasteiger partial charge is 0.257 e. The lowest BCUT2D eigenvalue weighted by Crippen LogP contribution is -2.36. The van der Waals surface area contributed by atoms with E-state index in [4.69, 9.17) is 5.73 Å². The molecule has 160 valence electrons. The predicted octanol–water partition coefficient (Wildman–Crippen LogP) is 2.64. The van der Waals surface area contributed by atoms with Crippen LogP contribution < -0.4 is 21.7 Å². The lowest BCUT2D eigenvalue weighted by Gasteiger charge is -2.18. The maximum absolute atomic E-state index is 13.1. The second-order valence-corrected chi connectivity index (χ2v) is 6.99. The first kappa shape index (κ1) is 22.9. The minimum Gasteiger partial charge on any atom is -0.394 e. The van der Waals surface area contributed by atoms with Crippen LogP contribution in [-0.4, -0.2) is 30.3 Å². The molecule has 0 fully saturated rings. The number of benzene rings is 1. The third-order valence-electron chi connectivity index (χ3n) is 4.62. The summed E-state index contributed by atoms with van der Waals surface area (Å²) in [7, 11) is 1.75. The summed E-state index contributed by atoms with van der Waals surface area (Å²) in [4.78, 5) is 27.5. The second-order valence-electron chi connectivity index (χ2n) is 6.99. The molecule has 0 aliphatic heterocycles. The topological polar surface area (TPSA) is 112 Å². The zero-order valence-corrected chi connectivity index (χ0v) is 17.6. The van der Waals surface area contributed by atoms with Crippen molar-refractivity contribution in [2.45, 2.75) is 33.4 Å². The molecule has 7 nitrogen and oxygen atoms in total. The molecule has 0 saturated heterocycles. The fourth-order valence-corrected chi connectivity index (χ4v) is 3.03. The highest BCUT2D eigenvalue weighted by Crippen LogP contribution is 2.20. The van der Waals surface area contributed by atoms with Crippen molar-refractivity contribution in [1.29, 1.82) is 0 Å². The van der Waals surface area contributed by atoms with Gasteiger partial charge in [0.25, 0.3) is 5.91 Å². The molecule has 0 bridgehead atoms. The molecule has 1 atom stereocenters. The average Bonchev–Trinajstić information content (AvgIpc) is 3.15. The Labute approximate surface area is 175 Å². The molecular weight excluding hydrogens is 385 g/mol. The number of hydrogen-bond acceptors (Lipinski definition) is 5. The highest BCUT2D eigenvalue weighted by molar-refractivity contribution is 6.04. The van der Waals surface area contributed by atoms with Gasteiger partial charge in [0.15, 0.2) is 6.29 Å². The van der Waals surface area contributed by atoms with E-state index >= 15 is 0 Å². The minimum atomic E-state index is -0.460. The van der Waals surface area contributed by atoms with Crippen molar-refractivity contribution in [3.05, 3.63) is 76.3 Å². The third kappa shape index (κ3) is 5.57. The van der Waals surface area contributed by atoms with Gasteiger partial charge in [-0.05, 0) is 44.0 Å². The van der Waals surface area contributed by atoms with Crippen molar-refractivity contribution in [2.75, 3.05) is 7.05 Å². The Morgan fingerprint density at radius 3 is 2.50 bits per heavy atom. The van der Waals surface area contributed by atoms with E-state index in [1.807, 2.05) is 6.92 Å². The van der Waals surface area contributed by atoms with Gasteiger partial charge in [-0.25, -0.2) is 4.39 Å². The summed E-state index contributed by atoms with van der Waals surface area (Å²) >= 11 is 0. The van der Waals surface area contributed by atoms with Crippen molar-refractivity contribution in [1.82, 2.24) is 20.9 Å². The van der Waals surface area contributed by atoms with E-state index in [0.29, 0.717) is 29.9 Å². The molecule has 0 radical (unpaired) electrons.